The number of amides is 1. The molecule has 1 aliphatic rings. The first kappa shape index (κ1) is 13.6. The summed E-state index contributed by atoms with van der Waals surface area (Å²) in [5.41, 5.74) is 1.95. The molecular weight excluding hydrogens is 262 g/mol. The summed E-state index contributed by atoms with van der Waals surface area (Å²) in [6, 6.07) is 9.81. The van der Waals surface area contributed by atoms with Crippen LogP contribution in [-0.4, -0.2) is 15.7 Å². The molecule has 4 nitrogen and oxygen atoms in total. The minimum absolute atomic E-state index is 0.0905. The Morgan fingerprint density at radius 1 is 1.29 bits per heavy atom. The zero-order valence-corrected chi connectivity index (χ0v) is 11.9. The minimum Gasteiger partial charge on any atom is -0.326 e. The van der Waals surface area contributed by atoms with Gasteiger partial charge in [0.1, 0.15) is 0 Å². The summed E-state index contributed by atoms with van der Waals surface area (Å²) in [4.78, 5) is 12.4. The Morgan fingerprint density at radius 2 is 2.19 bits per heavy atom. The lowest BCUT2D eigenvalue weighted by molar-refractivity contribution is -0.120. The topological polar surface area (TPSA) is 46.9 Å². The first-order valence-corrected chi connectivity index (χ1v) is 7.34. The number of carbonyl (C=O) groups is 1. The van der Waals surface area contributed by atoms with Crippen LogP contribution in [0, 0.1) is 5.92 Å². The number of para-hydroxylation sites is 1. The molecule has 108 valence electrons. The largest absolute Gasteiger partial charge is 0.326 e. The fraction of sp³-hybridized carbons (Fsp3) is 0.294. The fourth-order valence-electron chi connectivity index (χ4n) is 2.62. The van der Waals surface area contributed by atoms with Gasteiger partial charge in [0.15, 0.2) is 0 Å². The first-order chi connectivity index (χ1) is 10.3. The molecule has 0 spiro atoms. The lowest BCUT2D eigenvalue weighted by Gasteiger charge is -2.18. The monoisotopic (exact) mass is 281 g/mol. The summed E-state index contributed by atoms with van der Waals surface area (Å²) >= 11 is 0. The van der Waals surface area contributed by atoms with E-state index in [0.717, 1.165) is 30.5 Å². The average Bonchev–Trinajstić information content (AvgIpc) is 3.03. The predicted octanol–water partition coefficient (Wildman–Crippen LogP) is 3.23. The Labute approximate surface area is 124 Å². The van der Waals surface area contributed by atoms with E-state index in [-0.39, 0.29) is 11.8 Å². The Bertz CT molecular complexity index is 631. The number of anilines is 1. The number of benzene rings is 1. The third-order valence-corrected chi connectivity index (χ3v) is 3.81. The summed E-state index contributed by atoms with van der Waals surface area (Å²) in [5, 5.41) is 7.30. The number of nitrogens with one attached hydrogen (secondary N) is 1. The molecule has 0 fully saturated rings. The van der Waals surface area contributed by atoms with Crippen molar-refractivity contribution in [2.45, 2.75) is 25.8 Å². The third-order valence-electron chi connectivity index (χ3n) is 3.81. The quantitative estimate of drug-likeness (QED) is 0.875. The highest BCUT2D eigenvalue weighted by molar-refractivity contribution is 5.93. The zero-order chi connectivity index (χ0) is 14.5. The van der Waals surface area contributed by atoms with Crippen molar-refractivity contribution >= 4 is 11.6 Å². The molecule has 0 radical (unpaired) electrons. The molecule has 4 heteroatoms. The molecule has 1 heterocycles. The molecule has 1 N–H and O–H groups in total. The fourth-order valence-corrected chi connectivity index (χ4v) is 2.62. The highest BCUT2D eigenvalue weighted by Gasteiger charge is 2.19. The summed E-state index contributed by atoms with van der Waals surface area (Å²) in [5.74, 6) is 0.208. The maximum Gasteiger partial charge on any atom is 0.227 e. The van der Waals surface area contributed by atoms with Crippen LogP contribution in [0.4, 0.5) is 5.69 Å². The van der Waals surface area contributed by atoms with Crippen molar-refractivity contribution in [3.8, 4) is 0 Å². The zero-order valence-electron chi connectivity index (χ0n) is 11.9. The van der Waals surface area contributed by atoms with Crippen LogP contribution in [0.1, 0.15) is 24.8 Å². The summed E-state index contributed by atoms with van der Waals surface area (Å²) in [7, 11) is 0. The summed E-state index contributed by atoms with van der Waals surface area (Å²) < 4.78 is 1.86. The maximum atomic E-state index is 12.4. The van der Waals surface area contributed by atoms with E-state index in [9.17, 15) is 4.79 Å². The van der Waals surface area contributed by atoms with Gasteiger partial charge in [-0.1, -0.05) is 30.4 Å². The normalized spacial score (nSPS) is 17.6. The molecule has 0 saturated heterocycles. The van der Waals surface area contributed by atoms with Crippen molar-refractivity contribution in [2.24, 2.45) is 5.92 Å². The highest BCUT2D eigenvalue weighted by atomic mass is 16.1. The van der Waals surface area contributed by atoms with E-state index in [1.807, 2.05) is 41.2 Å². The molecule has 1 aromatic carbocycles. The molecule has 0 bridgehead atoms. The third kappa shape index (κ3) is 3.40. The van der Waals surface area contributed by atoms with E-state index >= 15 is 0 Å². The van der Waals surface area contributed by atoms with E-state index in [1.165, 1.54) is 0 Å². The van der Waals surface area contributed by atoms with Gasteiger partial charge in [-0.2, -0.15) is 5.10 Å². The second-order valence-corrected chi connectivity index (χ2v) is 5.33. The van der Waals surface area contributed by atoms with Gasteiger partial charge in [0.25, 0.3) is 0 Å². The van der Waals surface area contributed by atoms with Crippen LogP contribution in [0.25, 0.3) is 0 Å². The Morgan fingerprint density at radius 3 is 2.95 bits per heavy atom. The lowest BCUT2D eigenvalue weighted by Crippen LogP contribution is -2.24. The molecular formula is C17H19N3O. The minimum atomic E-state index is 0.0905. The number of nitrogens with zero attached hydrogens (tertiary/aromatic N) is 2. The van der Waals surface area contributed by atoms with Crippen molar-refractivity contribution in [3.05, 3.63) is 60.4 Å². The maximum absolute atomic E-state index is 12.4. The smallest absolute Gasteiger partial charge is 0.227 e. The predicted molar refractivity (Wildman–Crippen MR) is 82.9 cm³/mol. The van der Waals surface area contributed by atoms with Crippen molar-refractivity contribution in [3.63, 3.8) is 0 Å². The van der Waals surface area contributed by atoms with Gasteiger partial charge in [0, 0.05) is 24.0 Å². The highest BCUT2D eigenvalue weighted by Crippen LogP contribution is 2.22. The first-order valence-electron chi connectivity index (χ1n) is 7.34. The Hall–Kier alpha value is -2.36. The van der Waals surface area contributed by atoms with Crippen LogP contribution in [0.2, 0.25) is 0 Å². The van der Waals surface area contributed by atoms with Gasteiger partial charge in [-0.15, -0.1) is 0 Å². The molecule has 1 aliphatic carbocycles. The van der Waals surface area contributed by atoms with Crippen LogP contribution in [0.5, 0.6) is 0 Å². The molecule has 0 saturated carbocycles. The molecule has 0 unspecified atom stereocenters. The molecule has 0 aliphatic heterocycles. The van der Waals surface area contributed by atoms with Gasteiger partial charge in [-0.05, 0) is 37.0 Å². The van der Waals surface area contributed by atoms with Gasteiger partial charge in [0.05, 0.1) is 6.54 Å². The Balaban J connectivity index is 1.72. The van der Waals surface area contributed by atoms with E-state index in [1.54, 1.807) is 6.20 Å². The van der Waals surface area contributed by atoms with E-state index in [4.69, 9.17) is 0 Å². The SMILES string of the molecule is O=C(Nc1ccccc1Cn1cccn1)[C@H]1CC=CCC1. The Kier molecular flexibility index (Phi) is 4.15. The number of rotatable bonds is 4. The van der Waals surface area contributed by atoms with Crippen LogP contribution >= 0.6 is 0 Å². The van der Waals surface area contributed by atoms with Gasteiger partial charge in [-0.3, -0.25) is 9.48 Å². The van der Waals surface area contributed by atoms with Gasteiger partial charge in [0.2, 0.25) is 5.91 Å². The average molecular weight is 281 g/mol. The van der Waals surface area contributed by atoms with Gasteiger partial charge in [-0.25, -0.2) is 0 Å². The second-order valence-electron chi connectivity index (χ2n) is 5.33. The van der Waals surface area contributed by atoms with Crippen LogP contribution < -0.4 is 5.32 Å². The van der Waals surface area contributed by atoms with Crippen molar-refractivity contribution < 1.29 is 4.79 Å². The molecule has 3 rings (SSSR count). The van der Waals surface area contributed by atoms with Crippen molar-refractivity contribution in [1.82, 2.24) is 9.78 Å². The van der Waals surface area contributed by atoms with E-state index in [0.29, 0.717) is 6.54 Å². The number of hydrogen-bond acceptors (Lipinski definition) is 2. The van der Waals surface area contributed by atoms with Gasteiger partial charge < -0.3 is 5.32 Å². The van der Waals surface area contributed by atoms with Gasteiger partial charge >= 0.3 is 0 Å². The molecule has 1 atom stereocenters. The summed E-state index contributed by atoms with van der Waals surface area (Å²) in [6.07, 6.45) is 10.7. The van der Waals surface area contributed by atoms with E-state index in [2.05, 4.69) is 22.6 Å². The van der Waals surface area contributed by atoms with Crippen LogP contribution in [-0.2, 0) is 11.3 Å². The standard InChI is InChI=1S/C17H19N3O/c21-17(14-7-2-1-3-8-14)19-16-10-5-4-9-15(16)13-20-12-6-11-18-20/h1-2,4-6,9-12,14H,3,7-8,13H2,(H,19,21)/t14-/m0/s1. The second kappa shape index (κ2) is 6.39. The molecule has 1 amide bonds. The van der Waals surface area contributed by atoms with Crippen molar-refractivity contribution in [1.29, 1.82) is 0 Å². The molecule has 21 heavy (non-hydrogen) atoms. The number of aromatic nitrogens is 2. The lowest BCUT2D eigenvalue weighted by atomic mass is 9.93. The molecule has 1 aromatic heterocycles. The number of carbonyl (C=O) groups excluding carboxylic acids is 1. The van der Waals surface area contributed by atoms with Crippen molar-refractivity contribution in [2.75, 3.05) is 5.32 Å². The number of allylic oxidation sites excluding steroid dienone is 2. The molecule has 2 aromatic rings. The number of hydrogen-bond donors (Lipinski definition) is 1. The van der Waals surface area contributed by atoms with Crippen LogP contribution in [0.3, 0.4) is 0 Å². The summed E-state index contributed by atoms with van der Waals surface area (Å²) in [6.45, 7) is 0.661. The van der Waals surface area contributed by atoms with Crippen LogP contribution in [0.15, 0.2) is 54.9 Å². The van der Waals surface area contributed by atoms with E-state index < -0.39 is 0 Å².